The number of anilines is 2. The minimum Gasteiger partial charge on any atom is -0.431 e. The summed E-state index contributed by atoms with van der Waals surface area (Å²) in [6.07, 6.45) is 7.99. The molecule has 27 heavy (non-hydrogen) atoms. The highest BCUT2D eigenvalue weighted by atomic mass is 16.4. The first kappa shape index (κ1) is 16.5. The predicted molar refractivity (Wildman–Crippen MR) is 103 cm³/mol. The highest BCUT2D eigenvalue weighted by Crippen LogP contribution is 2.31. The minimum atomic E-state index is -0.386. The van der Waals surface area contributed by atoms with Gasteiger partial charge in [0, 0.05) is 42.2 Å². The summed E-state index contributed by atoms with van der Waals surface area (Å²) < 4.78 is 5.29. The molecule has 1 amide bonds. The van der Waals surface area contributed by atoms with Crippen LogP contribution in [0.25, 0.3) is 33.4 Å². The molecule has 0 bridgehead atoms. The van der Waals surface area contributed by atoms with Gasteiger partial charge in [0.05, 0.1) is 0 Å². The lowest BCUT2D eigenvalue weighted by atomic mass is 10.1. The third kappa shape index (κ3) is 3.15. The monoisotopic (exact) mass is 360 g/mol. The number of carbonyl (C=O) groups excluding carboxylic acids is 1. The average molecular weight is 360 g/mol. The van der Waals surface area contributed by atoms with Crippen molar-refractivity contribution >= 4 is 28.8 Å². The summed E-state index contributed by atoms with van der Waals surface area (Å²) in [7, 11) is 1.83. The number of hydrogen-bond acceptors (Lipinski definition) is 6. The molecule has 0 aromatic carbocycles. The lowest BCUT2D eigenvalue weighted by Crippen LogP contribution is -2.07. The molecule has 3 N–H and O–H groups in total. The number of hydrogen-bond donors (Lipinski definition) is 3. The Balaban J connectivity index is 1.74. The fourth-order valence-electron chi connectivity index (χ4n) is 2.74. The maximum atomic E-state index is 11.4. The quantitative estimate of drug-likeness (QED) is 0.470. The largest absolute Gasteiger partial charge is 0.431 e. The highest BCUT2D eigenvalue weighted by Gasteiger charge is 2.13. The first-order valence-electron chi connectivity index (χ1n) is 8.18. The van der Waals surface area contributed by atoms with E-state index < -0.39 is 0 Å². The van der Waals surface area contributed by atoms with Gasteiger partial charge in [-0.1, -0.05) is 6.58 Å². The van der Waals surface area contributed by atoms with Gasteiger partial charge in [0.2, 0.25) is 0 Å². The molecule has 0 radical (unpaired) electrons. The van der Waals surface area contributed by atoms with Crippen LogP contribution in [0.3, 0.4) is 0 Å². The molecule has 8 nitrogen and oxygen atoms in total. The zero-order valence-corrected chi connectivity index (χ0v) is 14.5. The van der Waals surface area contributed by atoms with Gasteiger partial charge in [0.15, 0.2) is 0 Å². The van der Waals surface area contributed by atoms with Crippen molar-refractivity contribution in [3.8, 4) is 22.4 Å². The van der Waals surface area contributed by atoms with Crippen molar-refractivity contribution in [3.63, 3.8) is 0 Å². The van der Waals surface area contributed by atoms with Crippen LogP contribution in [-0.2, 0) is 4.79 Å². The van der Waals surface area contributed by atoms with Crippen molar-refractivity contribution in [2.75, 3.05) is 17.7 Å². The molecule has 4 heterocycles. The number of pyridine rings is 2. The second-order valence-electron chi connectivity index (χ2n) is 5.73. The number of carbonyl (C=O) groups is 1. The van der Waals surface area contributed by atoms with E-state index in [-0.39, 0.29) is 11.9 Å². The molecule has 0 aliphatic heterocycles. The number of aromatic amines is 1. The molecular weight excluding hydrogens is 344 g/mol. The molecule has 0 spiro atoms. The Morgan fingerprint density at radius 3 is 3.00 bits per heavy atom. The van der Waals surface area contributed by atoms with E-state index in [2.05, 4.69) is 37.1 Å². The number of nitrogens with one attached hydrogen (secondary N) is 3. The summed E-state index contributed by atoms with van der Waals surface area (Å²) in [6.45, 7) is 3.40. The molecule has 4 aromatic heterocycles. The van der Waals surface area contributed by atoms with Gasteiger partial charge in [-0.15, -0.1) is 0 Å². The number of fused-ring (bicyclic) bond motifs is 1. The summed E-state index contributed by atoms with van der Waals surface area (Å²) in [4.78, 5) is 27.5. The summed E-state index contributed by atoms with van der Waals surface area (Å²) >= 11 is 0. The van der Waals surface area contributed by atoms with E-state index in [1.54, 1.807) is 12.4 Å². The Bertz CT molecular complexity index is 1140. The van der Waals surface area contributed by atoms with Crippen LogP contribution in [0.4, 0.5) is 11.8 Å². The number of oxazole rings is 1. The molecule has 4 rings (SSSR count). The van der Waals surface area contributed by atoms with E-state index in [0.29, 0.717) is 5.69 Å². The van der Waals surface area contributed by atoms with Crippen LogP contribution >= 0.6 is 0 Å². The number of aromatic nitrogens is 4. The molecule has 134 valence electrons. The smallest absolute Gasteiger partial charge is 0.302 e. The molecule has 0 unspecified atom stereocenters. The molecule has 0 saturated heterocycles. The zero-order chi connectivity index (χ0) is 18.8. The molecule has 0 saturated carbocycles. The maximum Gasteiger partial charge on any atom is 0.302 e. The molecule has 4 aromatic rings. The molecule has 0 fully saturated rings. The van der Waals surface area contributed by atoms with E-state index in [1.807, 2.05) is 31.4 Å². The first-order chi connectivity index (χ1) is 13.2. The Kier molecular flexibility index (Phi) is 4.13. The maximum absolute atomic E-state index is 11.4. The number of rotatable bonds is 5. The predicted octanol–water partition coefficient (Wildman–Crippen LogP) is 3.45. The van der Waals surface area contributed by atoms with Crippen LogP contribution in [0.2, 0.25) is 0 Å². The van der Waals surface area contributed by atoms with Gasteiger partial charge in [-0.05, 0) is 29.8 Å². The van der Waals surface area contributed by atoms with Gasteiger partial charge >= 0.3 is 6.01 Å². The number of nitrogens with zero attached hydrogens (tertiary/aromatic N) is 3. The van der Waals surface area contributed by atoms with Gasteiger partial charge in [0.25, 0.3) is 5.91 Å². The van der Waals surface area contributed by atoms with E-state index in [9.17, 15) is 4.79 Å². The Labute approximate surface area is 154 Å². The normalized spacial score (nSPS) is 10.7. The van der Waals surface area contributed by atoms with E-state index in [4.69, 9.17) is 4.42 Å². The highest BCUT2D eigenvalue weighted by molar-refractivity contribution is 5.98. The van der Waals surface area contributed by atoms with E-state index in [0.717, 1.165) is 39.6 Å². The SMILES string of the molecule is C=CC(=O)Nc1nc(-c2cnc3[nH]cc(-c4ccnc(NC)c4)c3c2)co1. The van der Waals surface area contributed by atoms with Crippen LogP contribution in [0, 0.1) is 0 Å². The van der Waals surface area contributed by atoms with Gasteiger partial charge < -0.3 is 14.7 Å². The molecule has 8 heteroatoms. The summed E-state index contributed by atoms with van der Waals surface area (Å²) in [5, 5.41) is 6.47. The molecule has 0 aliphatic rings. The van der Waals surface area contributed by atoms with E-state index in [1.165, 1.54) is 6.26 Å². The summed E-state index contributed by atoms with van der Waals surface area (Å²) in [5.74, 6) is 0.396. The average Bonchev–Trinajstić information content (AvgIpc) is 3.34. The Hall–Kier alpha value is -3.94. The zero-order valence-electron chi connectivity index (χ0n) is 14.5. The van der Waals surface area contributed by atoms with Crippen molar-refractivity contribution in [1.29, 1.82) is 0 Å². The van der Waals surface area contributed by atoms with Gasteiger partial charge in [-0.2, -0.15) is 4.98 Å². The van der Waals surface area contributed by atoms with Crippen molar-refractivity contribution in [3.05, 3.63) is 55.7 Å². The van der Waals surface area contributed by atoms with Gasteiger partial charge in [0.1, 0.15) is 23.4 Å². The second kappa shape index (κ2) is 6.75. The third-order valence-corrected chi connectivity index (χ3v) is 4.07. The Morgan fingerprint density at radius 2 is 2.19 bits per heavy atom. The molecule has 0 atom stereocenters. The third-order valence-electron chi connectivity index (χ3n) is 4.07. The molecule has 0 aliphatic carbocycles. The Morgan fingerprint density at radius 1 is 1.30 bits per heavy atom. The van der Waals surface area contributed by atoms with Gasteiger partial charge in [-0.25, -0.2) is 9.97 Å². The topological polar surface area (TPSA) is 109 Å². The van der Waals surface area contributed by atoms with E-state index >= 15 is 0 Å². The van der Waals surface area contributed by atoms with Crippen molar-refractivity contribution in [2.24, 2.45) is 0 Å². The van der Waals surface area contributed by atoms with Crippen molar-refractivity contribution in [1.82, 2.24) is 19.9 Å². The van der Waals surface area contributed by atoms with Crippen LogP contribution in [0.15, 0.2) is 60.1 Å². The summed E-state index contributed by atoms with van der Waals surface area (Å²) in [5.41, 5.74) is 4.12. The van der Waals surface area contributed by atoms with Crippen LogP contribution in [0.5, 0.6) is 0 Å². The second-order valence-corrected chi connectivity index (χ2v) is 5.73. The standard InChI is InChI=1S/C19H16N6O2/c1-3-17(26)25-19-24-15(10-27-19)12-6-13-14(9-23-18(13)22-8-12)11-4-5-21-16(7-11)20-2/h3-10H,1H2,2H3,(H,20,21)(H,22,23)(H,24,25,26). The lowest BCUT2D eigenvalue weighted by molar-refractivity contribution is -0.112. The van der Waals surface area contributed by atoms with Crippen molar-refractivity contribution < 1.29 is 9.21 Å². The number of amides is 1. The van der Waals surface area contributed by atoms with Crippen LogP contribution in [0.1, 0.15) is 0 Å². The van der Waals surface area contributed by atoms with Gasteiger partial charge in [-0.3, -0.25) is 10.1 Å². The van der Waals surface area contributed by atoms with Crippen LogP contribution < -0.4 is 10.6 Å². The molecular formula is C19H16N6O2. The lowest BCUT2D eigenvalue weighted by Gasteiger charge is -2.03. The first-order valence-corrected chi connectivity index (χ1v) is 8.18. The van der Waals surface area contributed by atoms with Crippen molar-refractivity contribution in [2.45, 2.75) is 0 Å². The minimum absolute atomic E-state index is 0.108. The number of H-pyrrole nitrogens is 1. The van der Waals surface area contributed by atoms with Crippen LogP contribution in [-0.4, -0.2) is 32.9 Å². The fourth-order valence-corrected chi connectivity index (χ4v) is 2.74. The fraction of sp³-hybridized carbons (Fsp3) is 0.0526. The summed E-state index contributed by atoms with van der Waals surface area (Å²) in [6, 6.07) is 5.99.